The van der Waals surface area contributed by atoms with E-state index >= 15 is 0 Å². The lowest BCUT2D eigenvalue weighted by Gasteiger charge is -2.08. The van der Waals surface area contributed by atoms with Crippen molar-refractivity contribution in [2.24, 2.45) is 5.92 Å². The highest BCUT2D eigenvalue weighted by atomic mass is 16.5. The summed E-state index contributed by atoms with van der Waals surface area (Å²) in [5.74, 6) is 0.780. The van der Waals surface area contributed by atoms with Gasteiger partial charge < -0.3 is 9.47 Å². The van der Waals surface area contributed by atoms with E-state index in [-0.39, 0.29) is 13.0 Å². The quantitative estimate of drug-likeness (QED) is 0.483. The lowest BCUT2D eigenvalue weighted by Crippen LogP contribution is -2.19. The Morgan fingerprint density at radius 1 is 1.43 bits per heavy atom. The zero-order chi connectivity index (χ0) is 11.0. The van der Waals surface area contributed by atoms with E-state index in [0.717, 1.165) is 0 Å². The molecule has 0 aromatic rings. The number of hydrogen-bond donors (Lipinski definition) is 0. The van der Waals surface area contributed by atoms with Crippen molar-refractivity contribution < 1.29 is 19.1 Å². The molecule has 0 radical (unpaired) electrons. The summed E-state index contributed by atoms with van der Waals surface area (Å²) in [7, 11) is 0. The lowest BCUT2D eigenvalue weighted by molar-refractivity contribution is -0.153. The number of ether oxygens (including phenoxy) is 2. The van der Waals surface area contributed by atoms with Crippen molar-refractivity contribution in [2.45, 2.75) is 20.3 Å². The molecule has 4 heteroatoms. The van der Waals surface area contributed by atoms with Gasteiger partial charge in [-0.05, 0) is 6.92 Å². The molecule has 0 aliphatic rings. The summed E-state index contributed by atoms with van der Waals surface area (Å²) in [4.78, 5) is 22.1. The molecule has 0 aliphatic carbocycles. The Kier molecular flexibility index (Phi) is 6.21. The Hall–Kier alpha value is -1.50. The van der Waals surface area contributed by atoms with Crippen LogP contribution in [-0.2, 0) is 19.1 Å². The summed E-state index contributed by atoms with van der Waals surface area (Å²) in [6, 6.07) is 0. The van der Waals surface area contributed by atoms with E-state index < -0.39 is 17.9 Å². The smallest absolute Gasteiger partial charge is 0.310 e. The predicted octanol–water partition coefficient (Wildman–Crippen LogP) is 0.752. The molecule has 0 fully saturated rings. The van der Waals surface area contributed by atoms with Crippen molar-refractivity contribution in [3.8, 4) is 12.3 Å². The van der Waals surface area contributed by atoms with Crippen LogP contribution in [0.15, 0.2) is 0 Å². The molecule has 0 spiro atoms. The van der Waals surface area contributed by atoms with Crippen LogP contribution in [0.25, 0.3) is 0 Å². The molecule has 0 N–H and O–H groups in total. The van der Waals surface area contributed by atoms with Crippen LogP contribution in [0.4, 0.5) is 0 Å². The largest absolute Gasteiger partial charge is 0.466 e. The SMILES string of the molecule is C#CCOC(=O)C(C)CC(=O)OCC. The van der Waals surface area contributed by atoms with Crippen LogP contribution in [0.1, 0.15) is 20.3 Å². The normalized spacial score (nSPS) is 11.2. The van der Waals surface area contributed by atoms with Crippen LogP contribution < -0.4 is 0 Å². The molecular formula is C10H14O4. The molecule has 0 bridgehead atoms. The molecule has 0 aromatic carbocycles. The van der Waals surface area contributed by atoms with E-state index in [9.17, 15) is 9.59 Å². The second-order valence-electron chi connectivity index (χ2n) is 2.72. The molecule has 1 atom stereocenters. The lowest BCUT2D eigenvalue weighted by atomic mass is 10.1. The zero-order valence-electron chi connectivity index (χ0n) is 8.41. The molecule has 78 valence electrons. The Balaban J connectivity index is 3.83. The molecule has 0 rings (SSSR count). The predicted molar refractivity (Wildman–Crippen MR) is 50.2 cm³/mol. The molecule has 0 amide bonds. The molecule has 1 unspecified atom stereocenters. The first kappa shape index (κ1) is 12.5. The number of terminal acetylenes is 1. The second kappa shape index (κ2) is 6.96. The zero-order valence-corrected chi connectivity index (χ0v) is 8.41. The Morgan fingerprint density at radius 3 is 2.57 bits per heavy atom. The van der Waals surface area contributed by atoms with Crippen LogP contribution in [0.5, 0.6) is 0 Å². The van der Waals surface area contributed by atoms with Gasteiger partial charge in [0.1, 0.15) is 0 Å². The van der Waals surface area contributed by atoms with E-state index in [0.29, 0.717) is 6.61 Å². The molecule has 0 heterocycles. The first-order valence-corrected chi connectivity index (χ1v) is 4.37. The Morgan fingerprint density at radius 2 is 2.07 bits per heavy atom. The molecular weight excluding hydrogens is 184 g/mol. The number of carbonyl (C=O) groups is 2. The standard InChI is InChI=1S/C10H14O4/c1-4-6-14-10(12)8(3)7-9(11)13-5-2/h1,8H,5-7H2,2-3H3. The summed E-state index contributed by atoms with van der Waals surface area (Å²) in [6.45, 7) is 3.55. The van der Waals surface area contributed by atoms with Gasteiger partial charge in [-0.3, -0.25) is 9.59 Å². The van der Waals surface area contributed by atoms with E-state index in [2.05, 4.69) is 15.4 Å². The fraction of sp³-hybridized carbons (Fsp3) is 0.600. The minimum Gasteiger partial charge on any atom is -0.466 e. The third-order valence-electron chi connectivity index (χ3n) is 1.48. The fourth-order valence-electron chi connectivity index (χ4n) is 0.808. The van der Waals surface area contributed by atoms with Gasteiger partial charge in [0.25, 0.3) is 0 Å². The minimum atomic E-state index is -0.512. The van der Waals surface area contributed by atoms with Crippen molar-refractivity contribution in [3.05, 3.63) is 0 Å². The summed E-state index contributed by atoms with van der Waals surface area (Å²) in [6.07, 6.45) is 4.93. The van der Waals surface area contributed by atoms with Crippen molar-refractivity contribution in [1.29, 1.82) is 0 Å². The van der Waals surface area contributed by atoms with Crippen molar-refractivity contribution in [3.63, 3.8) is 0 Å². The molecule has 4 nitrogen and oxygen atoms in total. The maximum Gasteiger partial charge on any atom is 0.310 e. The van der Waals surface area contributed by atoms with Crippen LogP contribution in [-0.4, -0.2) is 25.2 Å². The summed E-state index contributed by atoms with van der Waals surface area (Å²) >= 11 is 0. The van der Waals surface area contributed by atoms with E-state index in [1.165, 1.54) is 0 Å². The van der Waals surface area contributed by atoms with Gasteiger partial charge in [-0.15, -0.1) is 6.42 Å². The maximum atomic E-state index is 11.1. The van der Waals surface area contributed by atoms with Gasteiger partial charge in [0.05, 0.1) is 18.9 Å². The van der Waals surface area contributed by atoms with Gasteiger partial charge in [0, 0.05) is 0 Å². The number of rotatable bonds is 5. The monoisotopic (exact) mass is 198 g/mol. The minimum absolute atomic E-state index is 0.0250. The molecule has 0 aromatic heterocycles. The van der Waals surface area contributed by atoms with Crippen LogP contribution in [0.2, 0.25) is 0 Å². The van der Waals surface area contributed by atoms with E-state index in [1.54, 1.807) is 13.8 Å². The summed E-state index contributed by atoms with van der Waals surface area (Å²) < 4.78 is 9.33. The van der Waals surface area contributed by atoms with Gasteiger partial charge in [-0.2, -0.15) is 0 Å². The summed E-state index contributed by atoms with van der Waals surface area (Å²) in [5, 5.41) is 0. The van der Waals surface area contributed by atoms with Gasteiger partial charge in [0.2, 0.25) is 0 Å². The Labute approximate surface area is 83.6 Å². The van der Waals surface area contributed by atoms with Crippen molar-refractivity contribution >= 4 is 11.9 Å². The highest BCUT2D eigenvalue weighted by molar-refractivity contribution is 5.79. The Bertz CT molecular complexity index is 239. The highest BCUT2D eigenvalue weighted by Crippen LogP contribution is 2.05. The van der Waals surface area contributed by atoms with Gasteiger partial charge in [0.15, 0.2) is 6.61 Å². The number of esters is 2. The molecule has 0 aliphatic heterocycles. The van der Waals surface area contributed by atoms with Crippen LogP contribution in [0, 0.1) is 18.3 Å². The van der Waals surface area contributed by atoms with Crippen LogP contribution >= 0.6 is 0 Å². The molecule has 0 saturated heterocycles. The third-order valence-corrected chi connectivity index (χ3v) is 1.48. The van der Waals surface area contributed by atoms with Crippen LogP contribution in [0.3, 0.4) is 0 Å². The maximum absolute atomic E-state index is 11.1. The third kappa shape index (κ3) is 5.20. The number of hydrogen-bond acceptors (Lipinski definition) is 4. The van der Waals surface area contributed by atoms with E-state index in [1.807, 2.05) is 0 Å². The second-order valence-corrected chi connectivity index (χ2v) is 2.72. The average Bonchev–Trinajstić information content (AvgIpc) is 2.14. The van der Waals surface area contributed by atoms with E-state index in [4.69, 9.17) is 6.42 Å². The number of carbonyl (C=O) groups excluding carboxylic acids is 2. The van der Waals surface area contributed by atoms with Crippen molar-refractivity contribution in [2.75, 3.05) is 13.2 Å². The molecule has 0 saturated carbocycles. The first-order chi connectivity index (χ1) is 6.61. The highest BCUT2D eigenvalue weighted by Gasteiger charge is 2.18. The first-order valence-electron chi connectivity index (χ1n) is 4.37. The topological polar surface area (TPSA) is 52.6 Å². The molecule has 14 heavy (non-hydrogen) atoms. The summed E-state index contributed by atoms with van der Waals surface area (Å²) in [5.41, 5.74) is 0. The van der Waals surface area contributed by atoms with Gasteiger partial charge in [-0.25, -0.2) is 0 Å². The fourth-order valence-corrected chi connectivity index (χ4v) is 0.808. The van der Waals surface area contributed by atoms with Gasteiger partial charge >= 0.3 is 11.9 Å². The average molecular weight is 198 g/mol. The van der Waals surface area contributed by atoms with Gasteiger partial charge in [-0.1, -0.05) is 12.8 Å². The van der Waals surface area contributed by atoms with Crippen molar-refractivity contribution in [1.82, 2.24) is 0 Å².